The number of hydrogen-bond acceptors (Lipinski definition) is 5. The van der Waals surface area contributed by atoms with E-state index in [0.717, 1.165) is 25.5 Å². The maximum Gasteiger partial charge on any atom is 0.240 e. The van der Waals surface area contributed by atoms with E-state index in [1.54, 1.807) is 0 Å². The molecule has 0 radical (unpaired) electrons. The highest BCUT2D eigenvalue weighted by Gasteiger charge is 2.13. The van der Waals surface area contributed by atoms with Crippen LogP contribution in [0, 0.1) is 0 Å². The zero-order valence-corrected chi connectivity index (χ0v) is 9.91. The van der Waals surface area contributed by atoms with E-state index < -0.39 is 0 Å². The maximum absolute atomic E-state index is 5.13. The summed E-state index contributed by atoms with van der Waals surface area (Å²) in [6.07, 6.45) is 5.30. The topological polar surface area (TPSA) is 54.2 Å². The van der Waals surface area contributed by atoms with Crippen LogP contribution in [0.25, 0.3) is 0 Å². The minimum absolute atomic E-state index is 0.646. The van der Waals surface area contributed by atoms with Crippen molar-refractivity contribution in [2.24, 2.45) is 0 Å². The van der Waals surface area contributed by atoms with Crippen molar-refractivity contribution >= 4 is 0 Å². The number of nitrogens with zero attached hydrogens (tertiary/aromatic N) is 3. The molecule has 1 N–H and O–H groups in total. The van der Waals surface area contributed by atoms with Gasteiger partial charge in [-0.15, -0.1) is 0 Å². The van der Waals surface area contributed by atoms with Gasteiger partial charge in [0.1, 0.15) is 0 Å². The van der Waals surface area contributed by atoms with Crippen LogP contribution < -0.4 is 5.32 Å². The molecule has 0 unspecified atom stereocenters. The summed E-state index contributed by atoms with van der Waals surface area (Å²) in [6, 6.07) is 0. The fourth-order valence-corrected chi connectivity index (χ4v) is 2.07. The molecule has 0 spiro atoms. The summed E-state index contributed by atoms with van der Waals surface area (Å²) in [6.45, 7) is 3.80. The molecule has 1 aliphatic rings. The third-order valence-corrected chi connectivity index (χ3v) is 2.90. The first kappa shape index (κ1) is 11.5. The van der Waals surface area contributed by atoms with Gasteiger partial charge in [0.15, 0.2) is 5.82 Å². The number of rotatable bonds is 4. The highest BCUT2D eigenvalue weighted by atomic mass is 16.5. The zero-order chi connectivity index (χ0) is 11.2. The van der Waals surface area contributed by atoms with Crippen molar-refractivity contribution in [2.45, 2.75) is 38.8 Å². The molecule has 2 heterocycles. The monoisotopic (exact) mass is 224 g/mol. The fourth-order valence-electron chi connectivity index (χ4n) is 2.07. The van der Waals surface area contributed by atoms with Crippen molar-refractivity contribution in [1.82, 2.24) is 20.4 Å². The molecule has 1 aromatic rings. The Morgan fingerprint density at radius 2 is 2.00 bits per heavy atom. The summed E-state index contributed by atoms with van der Waals surface area (Å²) < 4.78 is 5.13. The molecule has 0 aromatic carbocycles. The summed E-state index contributed by atoms with van der Waals surface area (Å²) in [5.41, 5.74) is 0. The summed E-state index contributed by atoms with van der Waals surface area (Å²) in [5.74, 6) is 1.49. The van der Waals surface area contributed by atoms with Crippen LogP contribution in [0.15, 0.2) is 4.52 Å². The average molecular weight is 224 g/mol. The van der Waals surface area contributed by atoms with E-state index in [1.165, 1.54) is 25.7 Å². The molecule has 2 rings (SSSR count). The van der Waals surface area contributed by atoms with Gasteiger partial charge in [-0.05, 0) is 33.0 Å². The third kappa shape index (κ3) is 3.28. The van der Waals surface area contributed by atoms with E-state index in [0.29, 0.717) is 12.4 Å². The van der Waals surface area contributed by atoms with E-state index in [2.05, 4.69) is 20.4 Å². The first-order chi connectivity index (χ1) is 7.88. The van der Waals surface area contributed by atoms with Crippen LogP contribution in [-0.2, 0) is 13.1 Å². The molecule has 90 valence electrons. The van der Waals surface area contributed by atoms with Gasteiger partial charge in [-0.1, -0.05) is 18.0 Å². The summed E-state index contributed by atoms with van der Waals surface area (Å²) in [5, 5.41) is 6.99. The first-order valence-electron chi connectivity index (χ1n) is 6.07. The second kappa shape index (κ2) is 5.96. The molecule has 0 bridgehead atoms. The number of nitrogens with one attached hydrogen (secondary N) is 1. The summed E-state index contributed by atoms with van der Waals surface area (Å²) in [7, 11) is 1.87. The van der Waals surface area contributed by atoms with Crippen molar-refractivity contribution in [1.29, 1.82) is 0 Å². The number of aromatic nitrogens is 2. The van der Waals surface area contributed by atoms with Crippen molar-refractivity contribution in [3.05, 3.63) is 11.7 Å². The second-order valence-corrected chi connectivity index (χ2v) is 4.33. The molecule has 0 amide bonds. The molecule has 16 heavy (non-hydrogen) atoms. The van der Waals surface area contributed by atoms with E-state index >= 15 is 0 Å². The van der Waals surface area contributed by atoms with E-state index in [9.17, 15) is 0 Å². The van der Waals surface area contributed by atoms with Crippen molar-refractivity contribution in [3.8, 4) is 0 Å². The lowest BCUT2D eigenvalue weighted by atomic mass is 10.2. The highest BCUT2D eigenvalue weighted by Crippen LogP contribution is 2.11. The normalized spacial score (nSPS) is 18.6. The number of hydrogen-bond donors (Lipinski definition) is 1. The molecule has 1 aliphatic heterocycles. The first-order valence-corrected chi connectivity index (χ1v) is 6.07. The van der Waals surface area contributed by atoms with Crippen molar-refractivity contribution in [2.75, 3.05) is 20.1 Å². The molecular weight excluding hydrogens is 204 g/mol. The van der Waals surface area contributed by atoms with Crippen LogP contribution in [0.1, 0.15) is 37.4 Å². The van der Waals surface area contributed by atoms with Crippen LogP contribution >= 0.6 is 0 Å². The van der Waals surface area contributed by atoms with Crippen LogP contribution in [0.3, 0.4) is 0 Å². The van der Waals surface area contributed by atoms with Gasteiger partial charge in [-0.25, -0.2) is 0 Å². The Balaban J connectivity index is 1.86. The largest absolute Gasteiger partial charge is 0.338 e. The van der Waals surface area contributed by atoms with Gasteiger partial charge in [0, 0.05) is 0 Å². The van der Waals surface area contributed by atoms with Gasteiger partial charge < -0.3 is 9.84 Å². The SMILES string of the molecule is CNCc1nc(CN2CCCCCC2)no1. The highest BCUT2D eigenvalue weighted by molar-refractivity contribution is 4.86. The second-order valence-electron chi connectivity index (χ2n) is 4.33. The minimum Gasteiger partial charge on any atom is -0.338 e. The molecule has 1 aromatic heterocycles. The predicted octanol–water partition coefficient (Wildman–Crippen LogP) is 1.16. The van der Waals surface area contributed by atoms with Crippen LogP contribution in [0.5, 0.6) is 0 Å². The smallest absolute Gasteiger partial charge is 0.240 e. The van der Waals surface area contributed by atoms with E-state index in [4.69, 9.17) is 4.52 Å². The van der Waals surface area contributed by atoms with Gasteiger partial charge in [0.2, 0.25) is 5.89 Å². The van der Waals surface area contributed by atoms with E-state index in [1.807, 2.05) is 7.05 Å². The molecule has 1 fully saturated rings. The molecule has 5 heteroatoms. The van der Waals surface area contributed by atoms with Gasteiger partial charge >= 0.3 is 0 Å². The average Bonchev–Trinajstić information content (AvgIpc) is 2.56. The van der Waals surface area contributed by atoms with Crippen LogP contribution in [-0.4, -0.2) is 35.2 Å². The lowest BCUT2D eigenvalue weighted by Crippen LogP contribution is -2.24. The molecular formula is C11H20N4O. The Labute approximate surface area is 96.2 Å². The third-order valence-electron chi connectivity index (χ3n) is 2.90. The van der Waals surface area contributed by atoms with Gasteiger partial charge in [0.25, 0.3) is 0 Å². The Morgan fingerprint density at radius 1 is 1.25 bits per heavy atom. The van der Waals surface area contributed by atoms with Crippen LogP contribution in [0.4, 0.5) is 0 Å². The van der Waals surface area contributed by atoms with Crippen molar-refractivity contribution < 1.29 is 4.52 Å². The molecule has 0 aliphatic carbocycles. The standard InChI is InChI=1S/C11H20N4O/c1-12-8-11-13-10(14-16-11)9-15-6-4-2-3-5-7-15/h12H,2-9H2,1H3. The van der Waals surface area contributed by atoms with Gasteiger partial charge in [0.05, 0.1) is 13.1 Å². The predicted molar refractivity (Wildman–Crippen MR) is 60.8 cm³/mol. The molecule has 1 saturated heterocycles. The molecule has 0 saturated carbocycles. The maximum atomic E-state index is 5.13. The Hall–Kier alpha value is -0.940. The van der Waals surface area contributed by atoms with Crippen molar-refractivity contribution in [3.63, 3.8) is 0 Å². The fraction of sp³-hybridized carbons (Fsp3) is 0.818. The molecule has 5 nitrogen and oxygen atoms in total. The Kier molecular flexibility index (Phi) is 4.30. The number of likely N-dealkylation sites (tertiary alicyclic amines) is 1. The van der Waals surface area contributed by atoms with E-state index in [-0.39, 0.29) is 0 Å². The Bertz CT molecular complexity index is 305. The quantitative estimate of drug-likeness (QED) is 0.832. The van der Waals surface area contributed by atoms with Gasteiger partial charge in [-0.2, -0.15) is 4.98 Å². The van der Waals surface area contributed by atoms with Crippen LogP contribution in [0.2, 0.25) is 0 Å². The summed E-state index contributed by atoms with van der Waals surface area (Å²) in [4.78, 5) is 6.76. The van der Waals surface area contributed by atoms with Gasteiger partial charge in [-0.3, -0.25) is 4.90 Å². The molecule has 0 atom stereocenters. The Morgan fingerprint density at radius 3 is 2.69 bits per heavy atom. The lowest BCUT2D eigenvalue weighted by molar-refractivity contribution is 0.264. The minimum atomic E-state index is 0.646. The lowest BCUT2D eigenvalue weighted by Gasteiger charge is -2.16. The summed E-state index contributed by atoms with van der Waals surface area (Å²) >= 11 is 0. The zero-order valence-electron chi connectivity index (χ0n) is 9.91.